The van der Waals surface area contributed by atoms with Crippen molar-refractivity contribution in [3.05, 3.63) is 46.7 Å². The zero-order chi connectivity index (χ0) is 17.5. The minimum Gasteiger partial charge on any atom is -0.384 e. The monoisotopic (exact) mass is 364 g/mol. The minimum absolute atomic E-state index is 0.00522. The lowest BCUT2D eigenvalue weighted by Crippen LogP contribution is -2.31. The van der Waals surface area contributed by atoms with Crippen molar-refractivity contribution >= 4 is 33.0 Å². The highest BCUT2D eigenvalue weighted by molar-refractivity contribution is 7.20. The van der Waals surface area contributed by atoms with Gasteiger partial charge in [-0.25, -0.2) is 9.50 Å². The highest BCUT2D eigenvalue weighted by Crippen LogP contribution is 2.29. The summed E-state index contributed by atoms with van der Waals surface area (Å²) >= 11 is 7.64. The molecular weight excluding hydrogens is 344 g/mol. The Balaban J connectivity index is 1.76. The van der Waals surface area contributed by atoms with E-state index in [0.717, 1.165) is 10.7 Å². The number of fused-ring (bicyclic) bond motifs is 1. The van der Waals surface area contributed by atoms with Gasteiger partial charge in [-0.1, -0.05) is 61.9 Å². The van der Waals surface area contributed by atoms with Crippen molar-refractivity contribution < 1.29 is 5.11 Å². The summed E-state index contributed by atoms with van der Waals surface area (Å²) in [5.41, 5.74) is 0.601. The molecule has 3 rings (SSSR count). The van der Waals surface area contributed by atoms with Gasteiger partial charge in [0.1, 0.15) is 5.60 Å². The van der Waals surface area contributed by atoms with Crippen LogP contribution >= 0.6 is 22.9 Å². The number of nitrogens with one attached hydrogen (secondary N) is 1. The zero-order valence-electron chi connectivity index (χ0n) is 14.2. The number of aromatic nitrogens is 3. The molecule has 2 heterocycles. The molecule has 0 radical (unpaired) electrons. The molecule has 0 amide bonds. The van der Waals surface area contributed by atoms with E-state index in [4.69, 9.17) is 11.6 Å². The van der Waals surface area contributed by atoms with Crippen molar-refractivity contribution in [1.29, 1.82) is 0 Å². The lowest BCUT2D eigenvalue weighted by atomic mass is 9.93. The van der Waals surface area contributed by atoms with Crippen LogP contribution in [-0.2, 0) is 11.0 Å². The quantitative estimate of drug-likeness (QED) is 0.732. The minimum atomic E-state index is -1.09. The Hall–Kier alpha value is -1.63. The Morgan fingerprint density at radius 1 is 1.25 bits per heavy atom. The molecule has 24 heavy (non-hydrogen) atoms. The van der Waals surface area contributed by atoms with Crippen molar-refractivity contribution in [3.63, 3.8) is 0 Å². The number of benzene rings is 1. The van der Waals surface area contributed by atoms with Crippen molar-refractivity contribution in [2.45, 2.75) is 38.7 Å². The second kappa shape index (κ2) is 6.02. The molecule has 1 unspecified atom stereocenters. The molecular formula is C17H21ClN4OS. The van der Waals surface area contributed by atoms with Crippen LogP contribution in [0.15, 0.2) is 30.5 Å². The topological polar surface area (TPSA) is 62.5 Å². The maximum absolute atomic E-state index is 10.7. The van der Waals surface area contributed by atoms with Crippen LogP contribution in [0.3, 0.4) is 0 Å². The zero-order valence-corrected chi connectivity index (χ0v) is 15.7. The Morgan fingerprint density at radius 3 is 2.58 bits per heavy atom. The van der Waals surface area contributed by atoms with E-state index in [0.29, 0.717) is 22.3 Å². The molecule has 7 heteroatoms. The fraction of sp³-hybridized carbons (Fsp3) is 0.412. The molecule has 2 N–H and O–H groups in total. The van der Waals surface area contributed by atoms with E-state index in [9.17, 15) is 5.11 Å². The lowest BCUT2D eigenvalue weighted by Gasteiger charge is -2.25. The summed E-state index contributed by atoms with van der Waals surface area (Å²) in [4.78, 5) is 5.45. The predicted octanol–water partition coefficient (Wildman–Crippen LogP) is 4.06. The molecule has 3 aromatic rings. The van der Waals surface area contributed by atoms with Crippen LogP contribution < -0.4 is 5.32 Å². The first-order valence-corrected chi connectivity index (χ1v) is 8.94. The largest absolute Gasteiger partial charge is 0.384 e. The van der Waals surface area contributed by atoms with Gasteiger partial charge in [0, 0.05) is 22.5 Å². The van der Waals surface area contributed by atoms with Crippen molar-refractivity contribution in [3.8, 4) is 0 Å². The van der Waals surface area contributed by atoms with Crippen LogP contribution in [0.5, 0.6) is 0 Å². The summed E-state index contributed by atoms with van der Waals surface area (Å²) in [6.45, 7) is 8.41. The number of hydrogen-bond acceptors (Lipinski definition) is 5. The van der Waals surface area contributed by atoms with E-state index >= 15 is 0 Å². The first-order valence-electron chi connectivity index (χ1n) is 7.75. The van der Waals surface area contributed by atoms with Gasteiger partial charge in [0.2, 0.25) is 10.1 Å². The normalized spacial score (nSPS) is 14.8. The second-order valence-electron chi connectivity index (χ2n) is 7.12. The summed E-state index contributed by atoms with van der Waals surface area (Å²) in [6, 6.07) is 7.31. The second-order valence-corrected chi connectivity index (χ2v) is 8.48. The lowest BCUT2D eigenvalue weighted by molar-refractivity contribution is 0.0716. The number of halogens is 1. The first kappa shape index (κ1) is 17.2. The van der Waals surface area contributed by atoms with Crippen molar-refractivity contribution in [2.75, 3.05) is 11.9 Å². The number of imidazole rings is 1. The summed E-state index contributed by atoms with van der Waals surface area (Å²) in [5.74, 6) is 0. The van der Waals surface area contributed by atoms with Gasteiger partial charge in [-0.2, -0.15) is 0 Å². The standard InChI is InChI=1S/C17H21ClN4OS/c1-16(2,3)13-9-22-15(20-13)24-14(21-22)19-10-17(4,23)11-7-5-6-8-12(11)18/h5-9,23H,10H2,1-4H3,(H,19,21). The fourth-order valence-electron chi connectivity index (χ4n) is 2.37. The van der Waals surface area contributed by atoms with E-state index in [1.54, 1.807) is 17.5 Å². The molecule has 128 valence electrons. The van der Waals surface area contributed by atoms with E-state index in [2.05, 4.69) is 36.2 Å². The van der Waals surface area contributed by atoms with Gasteiger partial charge in [-0.15, -0.1) is 5.10 Å². The molecule has 0 saturated carbocycles. The average Bonchev–Trinajstić information content (AvgIpc) is 3.03. The Bertz CT molecular complexity index is 831. The summed E-state index contributed by atoms with van der Waals surface area (Å²) in [6.07, 6.45) is 1.95. The van der Waals surface area contributed by atoms with Crippen LogP contribution in [-0.4, -0.2) is 26.2 Å². The van der Waals surface area contributed by atoms with Gasteiger partial charge in [0.15, 0.2) is 0 Å². The van der Waals surface area contributed by atoms with E-state index in [1.807, 2.05) is 24.4 Å². The van der Waals surface area contributed by atoms with Crippen molar-refractivity contribution in [2.24, 2.45) is 0 Å². The Morgan fingerprint density at radius 2 is 1.96 bits per heavy atom. The molecule has 2 aromatic heterocycles. The van der Waals surface area contributed by atoms with Gasteiger partial charge in [0.25, 0.3) is 0 Å². The summed E-state index contributed by atoms with van der Waals surface area (Å²) in [5, 5.41) is 19.6. The third kappa shape index (κ3) is 3.41. The van der Waals surface area contributed by atoms with Gasteiger partial charge < -0.3 is 10.4 Å². The summed E-state index contributed by atoms with van der Waals surface area (Å²) < 4.78 is 1.78. The molecule has 0 fully saturated rings. The van der Waals surface area contributed by atoms with Gasteiger partial charge in [-0.05, 0) is 13.0 Å². The molecule has 5 nitrogen and oxygen atoms in total. The van der Waals surface area contributed by atoms with Crippen LogP contribution in [0.2, 0.25) is 5.02 Å². The van der Waals surface area contributed by atoms with Crippen LogP contribution in [0.25, 0.3) is 4.96 Å². The average molecular weight is 365 g/mol. The van der Waals surface area contributed by atoms with Crippen LogP contribution in [0.4, 0.5) is 5.13 Å². The molecule has 1 atom stereocenters. The van der Waals surface area contributed by atoms with Gasteiger partial charge in [-0.3, -0.25) is 0 Å². The summed E-state index contributed by atoms with van der Waals surface area (Å²) in [7, 11) is 0. The smallest absolute Gasteiger partial charge is 0.214 e. The molecule has 1 aromatic carbocycles. The number of nitrogens with zero attached hydrogens (tertiary/aromatic N) is 3. The third-order valence-electron chi connectivity index (χ3n) is 3.85. The highest BCUT2D eigenvalue weighted by atomic mass is 35.5. The van der Waals surface area contributed by atoms with E-state index in [1.165, 1.54) is 11.3 Å². The molecule has 0 aliphatic heterocycles. The van der Waals surface area contributed by atoms with Gasteiger partial charge in [0.05, 0.1) is 11.9 Å². The maximum Gasteiger partial charge on any atom is 0.214 e. The van der Waals surface area contributed by atoms with E-state index < -0.39 is 5.60 Å². The molecule has 0 aliphatic rings. The number of aliphatic hydroxyl groups is 1. The van der Waals surface area contributed by atoms with Crippen LogP contribution in [0, 0.1) is 0 Å². The Kier molecular flexibility index (Phi) is 4.32. The molecule has 0 spiro atoms. The molecule has 0 bridgehead atoms. The molecule has 0 saturated heterocycles. The first-order chi connectivity index (χ1) is 11.2. The van der Waals surface area contributed by atoms with Gasteiger partial charge >= 0.3 is 0 Å². The Labute approximate surface area is 150 Å². The number of hydrogen-bond donors (Lipinski definition) is 2. The fourth-order valence-corrected chi connectivity index (χ4v) is 3.49. The van der Waals surface area contributed by atoms with Crippen LogP contribution in [0.1, 0.15) is 39.0 Å². The number of anilines is 1. The SMILES string of the molecule is CC(C)(C)c1cn2nc(NCC(C)(O)c3ccccc3Cl)sc2n1. The van der Waals surface area contributed by atoms with Crippen molar-refractivity contribution in [1.82, 2.24) is 14.6 Å². The van der Waals surface area contributed by atoms with E-state index in [-0.39, 0.29) is 5.41 Å². The predicted molar refractivity (Wildman–Crippen MR) is 99.1 cm³/mol. The highest BCUT2D eigenvalue weighted by Gasteiger charge is 2.26. The maximum atomic E-state index is 10.7. The number of rotatable bonds is 4. The molecule has 0 aliphatic carbocycles. The third-order valence-corrected chi connectivity index (χ3v) is 5.06.